The number of anilines is 2. The minimum atomic E-state index is -0.823. The SMILES string of the molecule is CC1=CC(C)(C)N(C)c2cc(F)c(/C=C3/NC(=O)N(CC(=O)Nc4ccccc4F)C3=O)cc21. The Bertz CT molecular complexity index is 1280. The van der Waals surface area contributed by atoms with E-state index in [1.165, 1.54) is 36.4 Å². The lowest BCUT2D eigenvalue weighted by Crippen LogP contribution is -2.42. The molecule has 2 aromatic carbocycles. The van der Waals surface area contributed by atoms with Crippen LogP contribution in [-0.4, -0.2) is 41.9 Å². The number of rotatable bonds is 4. The third-order valence-electron chi connectivity index (χ3n) is 6.05. The van der Waals surface area contributed by atoms with Gasteiger partial charge in [0.2, 0.25) is 5.91 Å². The number of para-hydroxylation sites is 1. The smallest absolute Gasteiger partial charge is 0.329 e. The van der Waals surface area contributed by atoms with Gasteiger partial charge in [0, 0.05) is 23.9 Å². The van der Waals surface area contributed by atoms with Gasteiger partial charge in [0.1, 0.15) is 23.9 Å². The van der Waals surface area contributed by atoms with E-state index >= 15 is 0 Å². The minimum Gasteiger partial charge on any atom is -0.365 e. The fourth-order valence-corrected chi connectivity index (χ4v) is 4.06. The minimum absolute atomic E-state index is 0.0666. The molecule has 0 radical (unpaired) electrons. The van der Waals surface area contributed by atoms with E-state index in [0.29, 0.717) is 4.90 Å². The summed E-state index contributed by atoms with van der Waals surface area (Å²) in [7, 11) is 1.88. The zero-order valence-electron chi connectivity index (χ0n) is 19.2. The summed E-state index contributed by atoms with van der Waals surface area (Å²) in [6, 6.07) is 7.75. The molecular weight excluding hydrogens is 442 g/mol. The molecule has 0 saturated carbocycles. The van der Waals surface area contributed by atoms with Gasteiger partial charge in [0.15, 0.2) is 0 Å². The summed E-state index contributed by atoms with van der Waals surface area (Å²) in [4.78, 5) is 40.0. The Morgan fingerprint density at radius 3 is 2.56 bits per heavy atom. The Morgan fingerprint density at radius 1 is 1.15 bits per heavy atom. The fraction of sp³-hybridized carbons (Fsp3) is 0.240. The van der Waals surface area contributed by atoms with E-state index in [1.54, 1.807) is 6.07 Å². The van der Waals surface area contributed by atoms with Gasteiger partial charge in [-0.25, -0.2) is 18.5 Å². The van der Waals surface area contributed by atoms with E-state index in [4.69, 9.17) is 0 Å². The maximum Gasteiger partial charge on any atom is 0.329 e. The van der Waals surface area contributed by atoms with Crippen LogP contribution in [0.3, 0.4) is 0 Å². The number of urea groups is 1. The molecule has 2 aliphatic rings. The average molecular weight is 466 g/mol. The second-order valence-electron chi connectivity index (χ2n) is 8.84. The number of hydrogen-bond donors (Lipinski definition) is 2. The van der Waals surface area contributed by atoms with Gasteiger partial charge in [-0.3, -0.25) is 9.59 Å². The topological polar surface area (TPSA) is 81.8 Å². The van der Waals surface area contributed by atoms with E-state index in [-0.39, 0.29) is 22.5 Å². The predicted molar refractivity (Wildman–Crippen MR) is 126 cm³/mol. The number of carbonyl (C=O) groups is 3. The summed E-state index contributed by atoms with van der Waals surface area (Å²) in [6.07, 6.45) is 3.32. The number of allylic oxidation sites excluding steroid dienone is 1. The highest BCUT2D eigenvalue weighted by Gasteiger charge is 2.35. The standard InChI is InChI=1S/C25H24F2N4O3/c1-14-12-25(2,3)30(4)21-11-18(27)15(9-16(14)21)10-20-23(33)31(24(34)29-20)13-22(32)28-19-8-6-5-7-17(19)26/h5-12H,13H2,1-4H3,(H,28,32)(H,29,34)/b20-10+. The highest BCUT2D eigenvalue weighted by molar-refractivity contribution is 6.16. The van der Waals surface area contributed by atoms with Crippen LogP contribution in [0.4, 0.5) is 25.0 Å². The molecule has 0 bridgehead atoms. The van der Waals surface area contributed by atoms with Crippen LogP contribution >= 0.6 is 0 Å². The molecule has 2 aromatic rings. The molecule has 9 heteroatoms. The van der Waals surface area contributed by atoms with Crippen molar-refractivity contribution in [2.45, 2.75) is 26.3 Å². The maximum absolute atomic E-state index is 15.0. The molecule has 0 atom stereocenters. The zero-order chi connectivity index (χ0) is 24.8. The predicted octanol–water partition coefficient (Wildman–Crippen LogP) is 4.13. The normalized spacial score (nSPS) is 18.1. The van der Waals surface area contributed by atoms with Crippen LogP contribution in [0.5, 0.6) is 0 Å². The lowest BCUT2D eigenvalue weighted by atomic mass is 9.88. The third kappa shape index (κ3) is 4.16. The van der Waals surface area contributed by atoms with Crippen molar-refractivity contribution in [1.29, 1.82) is 0 Å². The number of likely N-dealkylation sites (N-methyl/N-ethyl adjacent to an activating group) is 1. The van der Waals surface area contributed by atoms with Crippen LogP contribution in [0.25, 0.3) is 11.6 Å². The number of hydrogen-bond acceptors (Lipinski definition) is 4. The van der Waals surface area contributed by atoms with Crippen LogP contribution in [-0.2, 0) is 9.59 Å². The number of fused-ring (bicyclic) bond motifs is 1. The van der Waals surface area contributed by atoms with Gasteiger partial charge in [-0.1, -0.05) is 18.2 Å². The van der Waals surface area contributed by atoms with Gasteiger partial charge < -0.3 is 15.5 Å². The van der Waals surface area contributed by atoms with E-state index in [1.807, 2.05) is 32.7 Å². The zero-order valence-corrected chi connectivity index (χ0v) is 19.2. The second-order valence-corrected chi connectivity index (χ2v) is 8.84. The van der Waals surface area contributed by atoms with Crippen LogP contribution in [0.15, 0.2) is 48.2 Å². The Labute approximate surface area is 195 Å². The molecule has 0 unspecified atom stereocenters. The van der Waals surface area contributed by atoms with Crippen molar-refractivity contribution in [3.05, 3.63) is 70.9 Å². The molecule has 4 amide bonds. The van der Waals surface area contributed by atoms with E-state index in [2.05, 4.69) is 16.7 Å². The van der Waals surface area contributed by atoms with Gasteiger partial charge in [0.05, 0.1) is 11.2 Å². The first kappa shape index (κ1) is 23.2. The lowest BCUT2D eigenvalue weighted by molar-refractivity contribution is -0.127. The van der Waals surface area contributed by atoms with Gasteiger partial charge in [-0.15, -0.1) is 0 Å². The molecule has 2 heterocycles. The summed E-state index contributed by atoms with van der Waals surface area (Å²) in [5.41, 5.74) is 2.11. The maximum atomic E-state index is 15.0. The van der Waals surface area contributed by atoms with Gasteiger partial charge in [-0.2, -0.15) is 0 Å². The van der Waals surface area contributed by atoms with Gasteiger partial charge in [0.25, 0.3) is 5.91 Å². The number of halogens is 2. The fourth-order valence-electron chi connectivity index (χ4n) is 4.06. The number of nitrogens with one attached hydrogen (secondary N) is 2. The molecule has 0 spiro atoms. The van der Waals surface area contributed by atoms with Crippen molar-refractivity contribution in [1.82, 2.24) is 10.2 Å². The first-order valence-corrected chi connectivity index (χ1v) is 10.6. The van der Waals surface area contributed by atoms with Crippen molar-refractivity contribution in [3.8, 4) is 0 Å². The van der Waals surface area contributed by atoms with E-state index in [9.17, 15) is 23.2 Å². The Morgan fingerprint density at radius 2 is 1.85 bits per heavy atom. The Balaban J connectivity index is 1.56. The van der Waals surface area contributed by atoms with E-state index < -0.39 is 36.0 Å². The van der Waals surface area contributed by atoms with Crippen molar-refractivity contribution >= 4 is 40.9 Å². The molecule has 1 fully saturated rings. The molecule has 4 rings (SSSR count). The molecule has 2 aliphatic heterocycles. The highest BCUT2D eigenvalue weighted by Crippen LogP contribution is 2.39. The molecule has 7 nitrogen and oxygen atoms in total. The van der Waals surface area contributed by atoms with Crippen LogP contribution in [0.1, 0.15) is 31.9 Å². The lowest BCUT2D eigenvalue weighted by Gasteiger charge is -2.40. The summed E-state index contributed by atoms with van der Waals surface area (Å²) < 4.78 is 28.7. The highest BCUT2D eigenvalue weighted by atomic mass is 19.1. The molecular formula is C25H24F2N4O3. The molecule has 1 saturated heterocycles. The number of imide groups is 1. The molecule has 34 heavy (non-hydrogen) atoms. The van der Waals surface area contributed by atoms with Gasteiger partial charge >= 0.3 is 6.03 Å². The first-order valence-electron chi connectivity index (χ1n) is 10.6. The summed E-state index contributed by atoms with van der Waals surface area (Å²) in [5, 5.41) is 4.70. The number of amides is 4. The third-order valence-corrected chi connectivity index (χ3v) is 6.05. The largest absolute Gasteiger partial charge is 0.365 e. The van der Waals surface area contributed by atoms with Crippen molar-refractivity contribution in [3.63, 3.8) is 0 Å². The molecule has 0 aliphatic carbocycles. The van der Waals surface area contributed by atoms with Crippen molar-refractivity contribution < 1.29 is 23.2 Å². The van der Waals surface area contributed by atoms with Crippen LogP contribution < -0.4 is 15.5 Å². The Kier molecular flexibility index (Phi) is 5.72. The van der Waals surface area contributed by atoms with Crippen molar-refractivity contribution in [2.75, 3.05) is 23.8 Å². The van der Waals surface area contributed by atoms with Crippen molar-refractivity contribution in [2.24, 2.45) is 0 Å². The number of benzene rings is 2. The summed E-state index contributed by atoms with van der Waals surface area (Å²) in [6.45, 7) is 5.36. The quantitative estimate of drug-likeness (QED) is 0.525. The average Bonchev–Trinajstić information content (AvgIpc) is 3.02. The summed E-state index contributed by atoms with van der Waals surface area (Å²) in [5.74, 6) is -2.73. The van der Waals surface area contributed by atoms with Crippen LogP contribution in [0, 0.1) is 11.6 Å². The van der Waals surface area contributed by atoms with E-state index in [0.717, 1.165) is 16.8 Å². The van der Waals surface area contributed by atoms with Crippen LogP contribution in [0.2, 0.25) is 0 Å². The molecule has 176 valence electrons. The number of carbonyl (C=O) groups excluding carboxylic acids is 3. The molecule has 2 N–H and O–H groups in total. The summed E-state index contributed by atoms with van der Waals surface area (Å²) >= 11 is 0. The monoisotopic (exact) mass is 466 g/mol. The first-order chi connectivity index (χ1) is 16.0. The van der Waals surface area contributed by atoms with Gasteiger partial charge in [-0.05, 0) is 56.7 Å². The molecule has 0 aromatic heterocycles. The second kappa shape index (κ2) is 8.40. The Hall–Kier alpha value is -4.01. The number of nitrogens with zero attached hydrogens (tertiary/aromatic N) is 2.